The van der Waals surface area contributed by atoms with Gasteiger partial charge in [0.1, 0.15) is 0 Å². The van der Waals surface area contributed by atoms with Crippen molar-refractivity contribution in [3.63, 3.8) is 0 Å². The van der Waals surface area contributed by atoms with Crippen molar-refractivity contribution in [2.45, 2.75) is 61.8 Å². The van der Waals surface area contributed by atoms with Gasteiger partial charge in [0.15, 0.2) is 0 Å². The molecule has 0 saturated heterocycles. The molecule has 0 aromatic heterocycles. The molecule has 114 valence electrons. The Morgan fingerprint density at radius 1 is 0.647 bits per heavy atom. The highest BCUT2D eigenvalue weighted by atomic mass is 16.4. The van der Waals surface area contributed by atoms with Crippen LogP contribution in [0.2, 0.25) is 0 Å². The van der Waals surface area contributed by atoms with Gasteiger partial charge >= 0.3 is 0 Å². The van der Waals surface area contributed by atoms with Crippen LogP contribution >= 0.6 is 0 Å². The van der Waals surface area contributed by atoms with E-state index in [1.54, 1.807) is 14.2 Å². The molecule has 0 spiro atoms. The predicted molar refractivity (Wildman–Crippen MR) is 90.5 cm³/mol. The van der Waals surface area contributed by atoms with E-state index in [1.807, 2.05) is 41.5 Å². The zero-order valence-corrected chi connectivity index (χ0v) is 14.7. The molecule has 0 saturated carbocycles. The van der Waals surface area contributed by atoms with Crippen molar-refractivity contribution in [3.8, 4) is 0 Å². The Morgan fingerprint density at radius 2 is 0.647 bits per heavy atom. The average molecular weight is 254 g/mol. The summed E-state index contributed by atoms with van der Waals surface area (Å²) in [5.41, 5.74) is 0. The number of hydrogen-bond acceptors (Lipinski definition) is 2. The summed E-state index contributed by atoms with van der Waals surface area (Å²) in [5, 5.41) is 0. The first-order valence-corrected chi connectivity index (χ1v) is 6.23. The molecule has 0 amide bonds. The molecule has 0 aromatic carbocycles. The van der Waals surface area contributed by atoms with E-state index in [-0.39, 0.29) is 6.15 Å². The van der Waals surface area contributed by atoms with Gasteiger partial charge < -0.3 is 10.9 Å². The molecule has 0 aromatic rings. The smallest absolute Gasteiger partial charge is 0.0351 e. The van der Waals surface area contributed by atoms with Crippen LogP contribution in [0.4, 0.5) is 0 Å². The van der Waals surface area contributed by atoms with E-state index in [2.05, 4.69) is 44.9 Å². The lowest BCUT2D eigenvalue weighted by Gasteiger charge is -1.61. The van der Waals surface area contributed by atoms with Gasteiger partial charge in [-0.2, -0.15) is 0 Å². The van der Waals surface area contributed by atoms with Gasteiger partial charge in [-0.05, 0) is 0 Å². The largest absolute Gasteiger partial charge is 0.388 e. The van der Waals surface area contributed by atoms with Crippen LogP contribution in [0.25, 0.3) is 0 Å². The van der Waals surface area contributed by atoms with Crippen molar-refractivity contribution in [1.82, 2.24) is 6.15 Å². The van der Waals surface area contributed by atoms with Gasteiger partial charge in [-0.25, -0.2) is 0 Å². The van der Waals surface area contributed by atoms with Gasteiger partial charge in [0.05, 0.1) is 0 Å². The molecule has 2 nitrogen and oxygen atoms in total. The topological polar surface area (TPSA) is 44.2 Å². The summed E-state index contributed by atoms with van der Waals surface area (Å²) < 4.78 is 4.25. The van der Waals surface area contributed by atoms with Crippen LogP contribution in [0.1, 0.15) is 61.8 Å². The summed E-state index contributed by atoms with van der Waals surface area (Å²) in [6.45, 7) is 28.2. The van der Waals surface area contributed by atoms with Gasteiger partial charge in [0.25, 0.3) is 0 Å². The minimum Gasteiger partial charge on any atom is -0.388 e. The molecule has 2 heteroatoms. The second-order valence-electron chi connectivity index (χ2n) is 1.12. The van der Waals surface area contributed by atoms with Crippen molar-refractivity contribution >= 4 is 0 Å². The molecule has 0 fully saturated rings. The Morgan fingerprint density at radius 3 is 0.647 bits per heavy atom. The van der Waals surface area contributed by atoms with E-state index in [4.69, 9.17) is 0 Å². The van der Waals surface area contributed by atoms with Crippen molar-refractivity contribution in [2.24, 2.45) is 0 Å². The third-order valence-electron chi connectivity index (χ3n) is 0. The van der Waals surface area contributed by atoms with Gasteiger partial charge in [-0.1, -0.05) is 61.8 Å². The number of hydrogen-bond donors (Lipinski definition) is 1. The summed E-state index contributed by atoms with van der Waals surface area (Å²) >= 11 is 0. The van der Waals surface area contributed by atoms with E-state index in [0.29, 0.717) is 0 Å². The second-order valence-corrected chi connectivity index (χ2v) is 1.12. The third kappa shape index (κ3) is 7680. The lowest BCUT2D eigenvalue weighted by Crippen LogP contribution is -1.55. The molecular weight excluding hydrogens is 210 g/mol. The van der Waals surface area contributed by atoms with Crippen LogP contribution in [0.3, 0.4) is 0 Å². The predicted octanol–water partition coefficient (Wildman–Crippen LogP) is 6.52. The fourth-order valence-corrected chi connectivity index (χ4v) is 0. The normalized spacial score (nSPS) is 3.65. The molecule has 0 unspecified atom stereocenters. The van der Waals surface area contributed by atoms with E-state index < -0.39 is 0 Å². The van der Waals surface area contributed by atoms with Crippen molar-refractivity contribution in [1.29, 1.82) is 0 Å². The highest BCUT2D eigenvalue weighted by Gasteiger charge is 1.35. The Bertz CT molecular complexity index is 22.9. The average Bonchev–Trinajstić information content (AvgIpc) is 2.42. The van der Waals surface area contributed by atoms with Crippen LogP contribution in [-0.2, 0) is 4.74 Å². The molecular formula is C15H43NO. The molecule has 0 heterocycles. The van der Waals surface area contributed by atoms with Crippen molar-refractivity contribution in [2.75, 3.05) is 14.2 Å². The van der Waals surface area contributed by atoms with Gasteiger partial charge in [-0.3, -0.25) is 0 Å². The quantitative estimate of drug-likeness (QED) is 0.499. The molecule has 0 aliphatic heterocycles. The number of ether oxygens (including phenoxy) is 1. The monoisotopic (exact) mass is 253 g/mol. The summed E-state index contributed by atoms with van der Waals surface area (Å²) in [7, 11) is 3.25. The third-order valence-corrected chi connectivity index (χ3v) is 0. The zero-order chi connectivity index (χ0) is 15.4. The molecule has 0 aliphatic carbocycles. The van der Waals surface area contributed by atoms with E-state index in [1.165, 1.54) is 6.42 Å². The lowest BCUT2D eigenvalue weighted by atomic mass is 10.6. The fourth-order valence-electron chi connectivity index (χ4n) is 0. The molecule has 17 heavy (non-hydrogen) atoms. The maximum absolute atomic E-state index is 4.25. The number of rotatable bonds is 0. The van der Waals surface area contributed by atoms with Crippen LogP contribution < -0.4 is 6.15 Å². The van der Waals surface area contributed by atoms with Crippen molar-refractivity contribution in [3.05, 3.63) is 26.3 Å². The minimum atomic E-state index is 0. The highest BCUT2D eigenvalue weighted by molar-refractivity contribution is 4.22. The lowest BCUT2D eigenvalue weighted by molar-refractivity contribution is 0.277. The van der Waals surface area contributed by atoms with Crippen LogP contribution in [-0.4, -0.2) is 14.2 Å². The summed E-state index contributed by atoms with van der Waals surface area (Å²) in [4.78, 5) is 0. The Labute approximate surface area is 114 Å². The first-order valence-electron chi connectivity index (χ1n) is 6.23. The van der Waals surface area contributed by atoms with Crippen molar-refractivity contribution < 1.29 is 4.74 Å². The molecule has 0 rings (SSSR count). The first-order chi connectivity index (χ1) is 7.83. The maximum atomic E-state index is 4.25. The van der Waals surface area contributed by atoms with E-state index >= 15 is 0 Å². The van der Waals surface area contributed by atoms with Gasteiger partial charge in [0.2, 0.25) is 0 Å². The molecule has 0 radical (unpaired) electrons. The SMILES string of the molecule is C=C.C=C.CC.CC.CC.CCC.COC.N. The second kappa shape index (κ2) is 1630. The Kier molecular flexibility index (Phi) is 5280. The molecule has 0 atom stereocenters. The molecule has 0 aliphatic rings. The van der Waals surface area contributed by atoms with E-state index in [9.17, 15) is 0 Å². The van der Waals surface area contributed by atoms with E-state index in [0.717, 1.165) is 0 Å². The minimum absolute atomic E-state index is 0. The van der Waals surface area contributed by atoms with Crippen LogP contribution in [0, 0.1) is 0 Å². The Hall–Kier alpha value is -0.600. The molecule has 0 bridgehead atoms. The summed E-state index contributed by atoms with van der Waals surface area (Å²) in [6, 6.07) is 0. The zero-order valence-electron chi connectivity index (χ0n) is 14.7. The standard InChI is InChI=1S/C3H8.C2H6O.3C2H6.2C2H4.H3N/c2*1-3-2;5*1-2;/h3H2,1-2H3;1-2H3;3*1-2H3;2*1-2H2;1H3. The van der Waals surface area contributed by atoms with Gasteiger partial charge in [-0.15, -0.1) is 26.3 Å². The summed E-state index contributed by atoms with van der Waals surface area (Å²) in [5.74, 6) is 0. The fraction of sp³-hybridized carbons (Fsp3) is 0.733. The maximum Gasteiger partial charge on any atom is 0.0351 e. The Balaban J connectivity index is -0.00000000929. The van der Waals surface area contributed by atoms with Crippen LogP contribution in [0.15, 0.2) is 26.3 Å². The molecule has 3 N–H and O–H groups in total. The highest BCUT2D eigenvalue weighted by Crippen LogP contribution is 1.56. The number of methoxy groups -OCH3 is 1. The van der Waals surface area contributed by atoms with Crippen LogP contribution in [0.5, 0.6) is 0 Å². The summed E-state index contributed by atoms with van der Waals surface area (Å²) in [6.07, 6.45) is 1.25. The van der Waals surface area contributed by atoms with Gasteiger partial charge in [0, 0.05) is 14.2 Å². The first kappa shape index (κ1) is 55.1.